The molecule has 0 heterocycles. The highest BCUT2D eigenvalue weighted by atomic mass is 16.6. The highest BCUT2D eigenvalue weighted by Gasteiger charge is 2.24. The van der Waals surface area contributed by atoms with Gasteiger partial charge in [0.25, 0.3) is 0 Å². The van der Waals surface area contributed by atoms with Gasteiger partial charge in [-0.3, -0.25) is 0 Å². The molecule has 1 aliphatic carbocycles. The lowest BCUT2D eigenvalue weighted by molar-refractivity contribution is 0.0490. The van der Waals surface area contributed by atoms with Crippen LogP contribution in [0, 0.1) is 0 Å². The number of nitrogens with one attached hydrogen (secondary N) is 2. The maximum absolute atomic E-state index is 11.8. The van der Waals surface area contributed by atoms with Gasteiger partial charge >= 0.3 is 6.09 Å². The minimum atomic E-state index is -0.432. The smallest absolute Gasteiger partial charge is 0.407 e. The molecule has 1 amide bonds. The molecule has 1 saturated carbocycles. The maximum Gasteiger partial charge on any atom is 0.407 e. The average molecular weight is 304 g/mol. The topological polar surface area (TPSA) is 50.4 Å². The second-order valence-corrected chi connectivity index (χ2v) is 7.06. The number of alkyl carbamates (subject to hydrolysis) is 1. The van der Waals surface area contributed by atoms with Crippen molar-refractivity contribution in [2.24, 2.45) is 0 Å². The molecule has 1 aromatic rings. The van der Waals surface area contributed by atoms with Gasteiger partial charge in [0.15, 0.2) is 0 Å². The number of hydrogen-bond donors (Lipinski definition) is 2. The number of rotatable bonds is 4. The lowest BCUT2D eigenvalue weighted by Crippen LogP contribution is -2.43. The lowest BCUT2D eigenvalue weighted by Gasteiger charge is -2.30. The second-order valence-electron chi connectivity index (χ2n) is 7.06. The summed E-state index contributed by atoms with van der Waals surface area (Å²) in [6.45, 7) is 6.57. The zero-order valence-electron chi connectivity index (χ0n) is 13.9. The number of benzene rings is 1. The summed E-state index contributed by atoms with van der Waals surface area (Å²) in [5.41, 5.74) is 0.884. The molecule has 0 spiro atoms. The number of ether oxygens (including phenoxy) is 1. The fourth-order valence-corrected chi connectivity index (χ4v) is 2.77. The average Bonchev–Trinajstić information content (AvgIpc) is 2.45. The summed E-state index contributed by atoms with van der Waals surface area (Å²) in [5, 5.41) is 6.59. The quantitative estimate of drug-likeness (QED) is 0.893. The Kier molecular flexibility index (Phi) is 5.83. The number of carbonyl (C=O) groups is 1. The van der Waals surface area contributed by atoms with E-state index in [1.54, 1.807) is 0 Å². The number of carbonyl (C=O) groups excluding carboxylic acids is 1. The summed E-state index contributed by atoms with van der Waals surface area (Å²) >= 11 is 0. The molecule has 122 valence electrons. The first-order valence-electron chi connectivity index (χ1n) is 8.19. The van der Waals surface area contributed by atoms with Gasteiger partial charge in [-0.05, 0) is 52.0 Å². The van der Waals surface area contributed by atoms with Crippen molar-refractivity contribution in [3.05, 3.63) is 35.9 Å². The van der Waals surface area contributed by atoms with Gasteiger partial charge in [-0.25, -0.2) is 4.79 Å². The van der Waals surface area contributed by atoms with Gasteiger partial charge in [0.2, 0.25) is 0 Å². The van der Waals surface area contributed by atoms with E-state index < -0.39 is 5.60 Å². The van der Waals surface area contributed by atoms with Crippen LogP contribution in [0.2, 0.25) is 0 Å². The minimum absolute atomic E-state index is 0.240. The maximum atomic E-state index is 11.8. The zero-order valence-corrected chi connectivity index (χ0v) is 13.9. The van der Waals surface area contributed by atoms with Crippen LogP contribution in [0.1, 0.15) is 52.0 Å². The van der Waals surface area contributed by atoms with Crippen LogP contribution < -0.4 is 10.6 Å². The Bertz CT molecular complexity index is 460. The van der Waals surface area contributed by atoms with E-state index >= 15 is 0 Å². The van der Waals surface area contributed by atoms with E-state index in [1.165, 1.54) is 5.56 Å². The Morgan fingerprint density at radius 3 is 2.27 bits per heavy atom. The van der Waals surface area contributed by atoms with Crippen molar-refractivity contribution < 1.29 is 9.53 Å². The van der Waals surface area contributed by atoms with Gasteiger partial charge < -0.3 is 15.4 Å². The van der Waals surface area contributed by atoms with Gasteiger partial charge in [-0.2, -0.15) is 0 Å². The van der Waals surface area contributed by atoms with Gasteiger partial charge in [0, 0.05) is 18.6 Å². The van der Waals surface area contributed by atoms with Gasteiger partial charge in [0.05, 0.1) is 0 Å². The SMILES string of the molecule is CC(C)(C)OC(=O)N[C@H]1CC[C@@H](NCc2ccccc2)CC1. The van der Waals surface area contributed by atoms with Gasteiger partial charge in [-0.15, -0.1) is 0 Å². The van der Waals surface area contributed by atoms with Crippen LogP contribution >= 0.6 is 0 Å². The number of amides is 1. The minimum Gasteiger partial charge on any atom is -0.444 e. The van der Waals surface area contributed by atoms with Gasteiger partial charge in [0.1, 0.15) is 5.60 Å². The van der Waals surface area contributed by atoms with E-state index in [0.29, 0.717) is 6.04 Å². The third-order valence-electron chi connectivity index (χ3n) is 3.89. The molecule has 4 nitrogen and oxygen atoms in total. The van der Waals surface area contributed by atoms with E-state index in [-0.39, 0.29) is 12.1 Å². The van der Waals surface area contributed by atoms with Crippen molar-refractivity contribution in [2.45, 2.75) is 70.7 Å². The molecular weight excluding hydrogens is 276 g/mol. The van der Waals surface area contributed by atoms with Crippen molar-refractivity contribution >= 4 is 6.09 Å². The largest absolute Gasteiger partial charge is 0.444 e. The predicted octanol–water partition coefficient (Wildman–Crippen LogP) is 3.61. The van der Waals surface area contributed by atoms with E-state index in [2.05, 4.69) is 34.9 Å². The fraction of sp³-hybridized carbons (Fsp3) is 0.611. The lowest BCUT2D eigenvalue weighted by atomic mass is 9.91. The van der Waals surface area contributed by atoms with Crippen molar-refractivity contribution in [1.29, 1.82) is 0 Å². The molecular formula is C18H28N2O2. The summed E-state index contributed by atoms with van der Waals surface area (Å²) < 4.78 is 5.31. The van der Waals surface area contributed by atoms with Crippen molar-refractivity contribution in [1.82, 2.24) is 10.6 Å². The van der Waals surface area contributed by atoms with Crippen molar-refractivity contribution in [3.63, 3.8) is 0 Å². The fourth-order valence-electron chi connectivity index (χ4n) is 2.77. The summed E-state index contributed by atoms with van der Waals surface area (Å²) in [7, 11) is 0. The molecule has 0 saturated heterocycles. The summed E-state index contributed by atoms with van der Waals surface area (Å²) in [5.74, 6) is 0. The van der Waals surface area contributed by atoms with E-state index in [9.17, 15) is 4.79 Å². The summed E-state index contributed by atoms with van der Waals surface area (Å²) in [4.78, 5) is 11.8. The predicted molar refractivity (Wildman–Crippen MR) is 88.7 cm³/mol. The zero-order chi connectivity index (χ0) is 16.0. The molecule has 4 heteroatoms. The second kappa shape index (κ2) is 7.63. The molecule has 0 aliphatic heterocycles. The summed E-state index contributed by atoms with van der Waals surface area (Å²) in [6.07, 6.45) is 3.89. The van der Waals surface area contributed by atoms with Crippen LogP contribution in [0.25, 0.3) is 0 Å². The monoisotopic (exact) mass is 304 g/mol. The molecule has 2 rings (SSSR count). The van der Waals surface area contributed by atoms with E-state index in [0.717, 1.165) is 32.2 Å². The van der Waals surface area contributed by atoms with Crippen molar-refractivity contribution in [2.75, 3.05) is 0 Å². The molecule has 1 aromatic carbocycles. The first-order valence-corrected chi connectivity index (χ1v) is 8.19. The highest BCUT2D eigenvalue weighted by Crippen LogP contribution is 2.19. The molecule has 1 fully saturated rings. The molecule has 22 heavy (non-hydrogen) atoms. The number of hydrogen-bond acceptors (Lipinski definition) is 3. The Balaban J connectivity index is 1.66. The molecule has 2 N–H and O–H groups in total. The normalized spacial score (nSPS) is 22.1. The molecule has 0 unspecified atom stereocenters. The molecule has 0 aromatic heterocycles. The third kappa shape index (κ3) is 6.06. The van der Waals surface area contributed by atoms with Crippen molar-refractivity contribution in [3.8, 4) is 0 Å². The third-order valence-corrected chi connectivity index (χ3v) is 3.89. The Hall–Kier alpha value is -1.55. The standard InChI is InChI=1S/C18H28N2O2/c1-18(2,3)22-17(21)20-16-11-9-15(10-12-16)19-13-14-7-5-4-6-8-14/h4-8,15-16,19H,9-13H2,1-3H3,(H,20,21)/t15-,16+. The van der Waals surface area contributed by atoms with Crippen LogP contribution in [0.3, 0.4) is 0 Å². The van der Waals surface area contributed by atoms with Crippen LogP contribution in [-0.2, 0) is 11.3 Å². The van der Waals surface area contributed by atoms with Crippen LogP contribution in [0.5, 0.6) is 0 Å². The van der Waals surface area contributed by atoms with E-state index in [1.807, 2.05) is 26.8 Å². The molecule has 1 aliphatic rings. The molecule has 0 bridgehead atoms. The first-order chi connectivity index (χ1) is 10.4. The van der Waals surface area contributed by atoms with E-state index in [4.69, 9.17) is 4.74 Å². The molecule has 0 atom stereocenters. The first kappa shape index (κ1) is 16.8. The Morgan fingerprint density at radius 1 is 1.09 bits per heavy atom. The van der Waals surface area contributed by atoms with Crippen LogP contribution in [-0.4, -0.2) is 23.8 Å². The van der Waals surface area contributed by atoms with Gasteiger partial charge in [-0.1, -0.05) is 30.3 Å². The molecule has 0 radical (unpaired) electrons. The van der Waals surface area contributed by atoms with Crippen LogP contribution in [0.15, 0.2) is 30.3 Å². The highest BCUT2D eigenvalue weighted by molar-refractivity contribution is 5.68. The Labute approximate surface area is 133 Å². The summed E-state index contributed by atoms with van der Waals surface area (Å²) in [6, 6.07) is 11.2. The van der Waals surface area contributed by atoms with Crippen LogP contribution in [0.4, 0.5) is 4.79 Å². The Morgan fingerprint density at radius 2 is 1.68 bits per heavy atom.